The Balaban J connectivity index is 1.70. The summed E-state index contributed by atoms with van der Waals surface area (Å²) in [7, 11) is 0. The van der Waals surface area contributed by atoms with Crippen LogP contribution in [0.4, 0.5) is 13.9 Å². The molecule has 0 amide bonds. The number of fused-ring (bicyclic) bond motifs is 1. The molecule has 1 aliphatic rings. The van der Waals surface area contributed by atoms with Crippen LogP contribution < -0.4 is 10.7 Å². The second-order valence-corrected chi connectivity index (χ2v) is 10.2. The van der Waals surface area contributed by atoms with Crippen LogP contribution in [0.5, 0.6) is 0 Å². The van der Waals surface area contributed by atoms with Crippen LogP contribution in [0.1, 0.15) is 29.5 Å². The fourth-order valence-corrected chi connectivity index (χ4v) is 6.56. The zero-order valence-electron chi connectivity index (χ0n) is 18.1. The maximum Gasteiger partial charge on any atom is 0.208 e. The van der Waals surface area contributed by atoms with Gasteiger partial charge in [-0.3, -0.25) is 0 Å². The molecular weight excluding hydrogens is 474 g/mol. The molecule has 1 aliphatic heterocycles. The van der Waals surface area contributed by atoms with Gasteiger partial charge in [0.25, 0.3) is 0 Å². The Bertz CT molecular complexity index is 1360. The summed E-state index contributed by atoms with van der Waals surface area (Å²) in [5.74, 6) is -1.06. The third kappa shape index (κ3) is 4.09. The van der Waals surface area contributed by atoms with Gasteiger partial charge < -0.3 is 10.8 Å². The molecule has 0 bridgehead atoms. The van der Waals surface area contributed by atoms with E-state index in [1.807, 2.05) is 53.5 Å². The summed E-state index contributed by atoms with van der Waals surface area (Å²) in [4.78, 5) is 4.08. The molecule has 0 spiro atoms. The third-order valence-corrected chi connectivity index (χ3v) is 8.15. The Kier molecular flexibility index (Phi) is 6.35. The van der Waals surface area contributed by atoms with Crippen LogP contribution in [0, 0.1) is 11.6 Å². The van der Waals surface area contributed by atoms with Gasteiger partial charge in [-0.1, -0.05) is 59.5 Å². The summed E-state index contributed by atoms with van der Waals surface area (Å²) < 4.78 is 29.7. The number of aromatic nitrogens is 1. The zero-order valence-corrected chi connectivity index (χ0v) is 19.8. The lowest BCUT2D eigenvalue weighted by atomic mass is 10.0. The number of anilines is 1. The molecule has 1 aromatic heterocycles. The number of hydrogen-bond donors (Lipinski definition) is 2. The number of nitrogens with zero attached hydrogens (tertiary/aromatic N) is 3. The average Bonchev–Trinajstić information content (AvgIpc) is 3.46. The van der Waals surface area contributed by atoms with Crippen molar-refractivity contribution < 1.29 is 13.9 Å². The first-order valence-corrected chi connectivity index (χ1v) is 12.5. The van der Waals surface area contributed by atoms with Crippen LogP contribution in [0.25, 0.3) is 10.2 Å². The summed E-state index contributed by atoms with van der Waals surface area (Å²) in [5, 5.41) is 17.2. The Morgan fingerprint density at radius 1 is 1.03 bits per heavy atom. The number of aliphatic hydroxyl groups is 1. The van der Waals surface area contributed by atoms with Gasteiger partial charge >= 0.3 is 0 Å². The minimum Gasteiger partial charge on any atom is -0.392 e. The van der Waals surface area contributed by atoms with E-state index in [0.29, 0.717) is 29.6 Å². The van der Waals surface area contributed by atoms with Crippen molar-refractivity contribution in [1.82, 2.24) is 4.98 Å². The maximum absolute atomic E-state index is 14.8. The Hall–Kier alpha value is -2.85. The molecule has 0 fully saturated rings. The van der Waals surface area contributed by atoms with E-state index in [9.17, 15) is 13.9 Å². The Labute approximate surface area is 203 Å². The number of thioether (sulfide) groups is 1. The molecule has 1 atom stereocenters. The van der Waals surface area contributed by atoms with Gasteiger partial charge in [-0.2, -0.15) is 5.10 Å². The van der Waals surface area contributed by atoms with Crippen LogP contribution in [0.15, 0.2) is 71.8 Å². The smallest absolute Gasteiger partial charge is 0.208 e. The quantitative estimate of drug-likeness (QED) is 0.350. The first-order chi connectivity index (χ1) is 16.5. The molecule has 0 saturated heterocycles. The largest absolute Gasteiger partial charge is 0.392 e. The van der Waals surface area contributed by atoms with E-state index in [2.05, 4.69) is 0 Å². The van der Waals surface area contributed by atoms with Gasteiger partial charge in [0.15, 0.2) is 0 Å². The first-order valence-electron chi connectivity index (χ1n) is 10.8. The first kappa shape index (κ1) is 22.9. The van der Waals surface area contributed by atoms with Crippen molar-refractivity contribution in [3.8, 4) is 0 Å². The van der Waals surface area contributed by atoms with Gasteiger partial charge in [-0.15, -0.1) is 0 Å². The highest BCUT2D eigenvalue weighted by Gasteiger charge is 2.47. The van der Waals surface area contributed by atoms with Gasteiger partial charge in [0.05, 0.1) is 16.8 Å². The zero-order chi connectivity index (χ0) is 23.7. The molecule has 2 heterocycles. The lowest BCUT2D eigenvalue weighted by Gasteiger charge is -2.35. The number of halogens is 2. The maximum atomic E-state index is 14.8. The molecule has 1 unspecified atom stereocenters. The normalized spacial score (nSPS) is 18.0. The molecule has 5 rings (SSSR count). The minimum atomic E-state index is -0.734. The number of hydrazone groups is 1. The molecule has 9 heteroatoms. The highest BCUT2D eigenvalue weighted by atomic mass is 32.2. The molecule has 0 aliphatic carbocycles. The lowest BCUT2D eigenvalue weighted by molar-refractivity contribution is 0.282. The second kappa shape index (κ2) is 9.42. The van der Waals surface area contributed by atoms with Crippen molar-refractivity contribution in [3.05, 3.63) is 95.1 Å². The topological polar surface area (TPSA) is 74.7 Å². The highest BCUT2D eigenvalue weighted by Crippen LogP contribution is 2.53. The Morgan fingerprint density at radius 2 is 1.85 bits per heavy atom. The van der Waals surface area contributed by atoms with Crippen molar-refractivity contribution in [3.63, 3.8) is 0 Å². The fraction of sp³-hybridized carbons (Fsp3) is 0.200. The van der Waals surface area contributed by atoms with E-state index >= 15 is 0 Å². The Morgan fingerprint density at radius 3 is 2.62 bits per heavy atom. The average molecular weight is 497 g/mol. The van der Waals surface area contributed by atoms with E-state index in [0.717, 1.165) is 33.5 Å². The van der Waals surface area contributed by atoms with Crippen LogP contribution >= 0.6 is 23.1 Å². The number of nitrogens with two attached hydrogens (primary N) is 1. The van der Waals surface area contributed by atoms with Crippen molar-refractivity contribution in [2.24, 2.45) is 10.8 Å². The van der Waals surface area contributed by atoms with E-state index in [1.165, 1.54) is 29.2 Å². The predicted molar refractivity (Wildman–Crippen MR) is 135 cm³/mol. The van der Waals surface area contributed by atoms with E-state index in [1.54, 1.807) is 0 Å². The van der Waals surface area contributed by atoms with Crippen LogP contribution in [0.3, 0.4) is 0 Å². The number of aliphatic hydroxyl groups excluding tert-OH is 1. The molecule has 0 radical (unpaired) electrons. The molecule has 34 heavy (non-hydrogen) atoms. The third-order valence-electron chi connectivity index (χ3n) is 5.71. The minimum absolute atomic E-state index is 0.0612. The van der Waals surface area contributed by atoms with E-state index < -0.39 is 16.5 Å². The van der Waals surface area contributed by atoms with Gasteiger partial charge in [-0.05, 0) is 60.8 Å². The van der Waals surface area contributed by atoms with Gasteiger partial charge in [-0.25, -0.2) is 18.8 Å². The van der Waals surface area contributed by atoms with Crippen molar-refractivity contribution in [2.45, 2.75) is 24.3 Å². The molecule has 4 aromatic rings. The highest BCUT2D eigenvalue weighted by molar-refractivity contribution is 8.15. The summed E-state index contributed by atoms with van der Waals surface area (Å²) in [6.07, 6.45) is 1.33. The summed E-state index contributed by atoms with van der Waals surface area (Å²) in [5.41, 5.74) is 8.56. The lowest BCUT2D eigenvalue weighted by Crippen LogP contribution is -2.38. The van der Waals surface area contributed by atoms with Gasteiger partial charge in [0.1, 0.15) is 21.5 Å². The van der Waals surface area contributed by atoms with Crippen LogP contribution in [0.2, 0.25) is 0 Å². The molecule has 3 aromatic carbocycles. The summed E-state index contributed by atoms with van der Waals surface area (Å²) in [6, 6.07) is 18.8. The van der Waals surface area contributed by atoms with Crippen LogP contribution in [-0.4, -0.2) is 21.7 Å². The number of benzene rings is 3. The van der Waals surface area contributed by atoms with Crippen molar-refractivity contribution in [2.75, 3.05) is 11.6 Å². The predicted octanol–water partition coefficient (Wildman–Crippen LogP) is 5.57. The van der Waals surface area contributed by atoms with E-state index in [-0.39, 0.29) is 12.2 Å². The standard InChI is InChI=1S/C25H22F2N4OS2/c26-18-8-9-20(27)19(14-18)23-30-31(24-29-21-10-7-16(15-32)13-22(21)33-24)25(34-23,11-4-12-28)17-5-2-1-3-6-17/h1-3,5-10,13-14,32H,4,11-12,15,28H2. The van der Waals surface area contributed by atoms with Crippen LogP contribution in [-0.2, 0) is 11.5 Å². The molecule has 3 N–H and O–H groups in total. The molecule has 0 saturated carbocycles. The van der Waals surface area contributed by atoms with Gasteiger partial charge in [0.2, 0.25) is 5.13 Å². The molecule has 5 nitrogen and oxygen atoms in total. The van der Waals surface area contributed by atoms with Crippen molar-refractivity contribution in [1.29, 1.82) is 0 Å². The monoisotopic (exact) mass is 496 g/mol. The van der Waals surface area contributed by atoms with Crippen molar-refractivity contribution >= 4 is 43.5 Å². The SMILES string of the molecule is NCCCC1(c2ccccc2)SC(c2cc(F)ccc2F)=NN1c1nc2ccc(CO)cc2s1. The summed E-state index contributed by atoms with van der Waals surface area (Å²) >= 11 is 2.83. The number of thiazole rings is 1. The molecular formula is C25H22F2N4OS2. The molecule has 174 valence electrons. The van der Waals surface area contributed by atoms with Gasteiger partial charge in [0, 0.05) is 5.56 Å². The second-order valence-electron chi connectivity index (χ2n) is 7.94. The summed E-state index contributed by atoms with van der Waals surface area (Å²) in [6.45, 7) is 0.417. The van der Waals surface area contributed by atoms with E-state index in [4.69, 9.17) is 15.8 Å². The number of hydrogen-bond acceptors (Lipinski definition) is 7. The number of rotatable bonds is 7. The fourth-order valence-electron chi connectivity index (χ4n) is 4.03.